The van der Waals surface area contributed by atoms with Gasteiger partial charge in [0.05, 0.1) is 7.11 Å². The maximum Gasteiger partial charge on any atom is 0.379 e. The van der Waals surface area contributed by atoms with Crippen LogP contribution < -0.4 is 0 Å². The van der Waals surface area contributed by atoms with Gasteiger partial charge < -0.3 is 4.74 Å². The first kappa shape index (κ1) is 14.5. The van der Waals surface area contributed by atoms with Crippen molar-refractivity contribution >= 4 is 27.7 Å². The Hall–Kier alpha value is -1.94. The number of esters is 1. The molecule has 2 aromatic rings. The molecule has 0 aliphatic carbocycles. The van der Waals surface area contributed by atoms with Gasteiger partial charge in [-0.15, -0.1) is 0 Å². The summed E-state index contributed by atoms with van der Waals surface area (Å²) in [5.74, 6) is -1.47. The van der Waals surface area contributed by atoms with Gasteiger partial charge in [0.15, 0.2) is 0 Å². The summed E-state index contributed by atoms with van der Waals surface area (Å²) in [6.07, 6.45) is 0. The summed E-state index contributed by atoms with van der Waals surface area (Å²) in [5, 5.41) is 0. The number of rotatable bonds is 3. The van der Waals surface area contributed by atoms with Gasteiger partial charge in [0.1, 0.15) is 0 Å². The lowest BCUT2D eigenvalue weighted by Crippen LogP contribution is -2.15. The maximum atomic E-state index is 11.7. The van der Waals surface area contributed by atoms with Crippen LogP contribution in [0.4, 0.5) is 0 Å². The number of hydrogen-bond donors (Lipinski definition) is 0. The van der Waals surface area contributed by atoms with Crippen LogP contribution in [0.2, 0.25) is 0 Å². The predicted molar refractivity (Wildman–Crippen MR) is 80.7 cm³/mol. The number of halogens is 1. The van der Waals surface area contributed by atoms with E-state index in [0.717, 1.165) is 21.2 Å². The van der Waals surface area contributed by atoms with Crippen molar-refractivity contribution in [1.29, 1.82) is 0 Å². The minimum atomic E-state index is -0.846. The monoisotopic (exact) mass is 332 g/mol. The molecule has 3 nitrogen and oxygen atoms in total. The van der Waals surface area contributed by atoms with Crippen molar-refractivity contribution in [3.63, 3.8) is 0 Å². The fourth-order valence-electron chi connectivity index (χ4n) is 1.97. The fraction of sp³-hybridized carbons (Fsp3) is 0.125. The Labute approximate surface area is 125 Å². The minimum Gasteiger partial charge on any atom is -0.463 e. The molecule has 0 unspecified atom stereocenters. The average Bonchev–Trinajstić information content (AvgIpc) is 2.46. The van der Waals surface area contributed by atoms with Gasteiger partial charge in [0.2, 0.25) is 0 Å². The molecular formula is C16H13BrO3. The zero-order valence-corrected chi connectivity index (χ0v) is 12.7. The molecule has 0 bridgehead atoms. The zero-order chi connectivity index (χ0) is 14.7. The van der Waals surface area contributed by atoms with E-state index >= 15 is 0 Å². The molecule has 102 valence electrons. The molecule has 0 N–H and O–H groups in total. The summed E-state index contributed by atoms with van der Waals surface area (Å²) in [7, 11) is 1.20. The van der Waals surface area contributed by atoms with Crippen molar-refractivity contribution < 1.29 is 14.3 Å². The van der Waals surface area contributed by atoms with Crippen LogP contribution in [0, 0.1) is 6.92 Å². The lowest BCUT2D eigenvalue weighted by molar-refractivity contribution is -0.135. The summed E-state index contributed by atoms with van der Waals surface area (Å²) >= 11 is 3.39. The highest BCUT2D eigenvalue weighted by Gasteiger charge is 2.17. The molecule has 0 aromatic heterocycles. The molecule has 0 saturated heterocycles. The topological polar surface area (TPSA) is 43.4 Å². The number of carbonyl (C=O) groups excluding carboxylic acids is 2. The number of Topliss-reactive ketones (excluding diaryl/α,β-unsaturated/α-hetero) is 1. The number of ketones is 1. The number of methoxy groups -OCH3 is 1. The largest absolute Gasteiger partial charge is 0.463 e. The standard InChI is InChI=1S/C16H13BrO3/c1-10-9-12(15(18)16(19)20-2)5-8-14(10)11-3-6-13(17)7-4-11/h3-9H,1-2H3. The molecule has 20 heavy (non-hydrogen) atoms. The van der Waals surface area contributed by atoms with E-state index in [4.69, 9.17) is 0 Å². The van der Waals surface area contributed by atoms with Gasteiger partial charge >= 0.3 is 5.97 Å². The fourth-order valence-corrected chi connectivity index (χ4v) is 2.23. The first-order valence-electron chi connectivity index (χ1n) is 6.02. The molecule has 4 heteroatoms. The quantitative estimate of drug-likeness (QED) is 0.488. The molecule has 0 saturated carbocycles. The van der Waals surface area contributed by atoms with E-state index in [1.54, 1.807) is 12.1 Å². The second-order valence-electron chi connectivity index (χ2n) is 4.36. The van der Waals surface area contributed by atoms with Crippen LogP contribution in [0.5, 0.6) is 0 Å². The second kappa shape index (κ2) is 6.01. The molecule has 0 radical (unpaired) electrons. The van der Waals surface area contributed by atoms with Gasteiger partial charge in [0.25, 0.3) is 5.78 Å². The van der Waals surface area contributed by atoms with Crippen molar-refractivity contribution in [2.24, 2.45) is 0 Å². The van der Waals surface area contributed by atoms with Crippen LogP contribution in [-0.2, 0) is 9.53 Å². The van der Waals surface area contributed by atoms with E-state index in [0.29, 0.717) is 5.56 Å². The van der Waals surface area contributed by atoms with Crippen molar-refractivity contribution in [1.82, 2.24) is 0 Å². The molecule has 0 spiro atoms. The van der Waals surface area contributed by atoms with Gasteiger partial charge in [-0.3, -0.25) is 4.79 Å². The lowest BCUT2D eigenvalue weighted by atomic mass is 9.97. The van der Waals surface area contributed by atoms with Crippen LogP contribution in [0.3, 0.4) is 0 Å². The van der Waals surface area contributed by atoms with Crippen molar-refractivity contribution in [2.45, 2.75) is 6.92 Å². The summed E-state index contributed by atoms with van der Waals surface area (Å²) in [6, 6.07) is 13.1. The van der Waals surface area contributed by atoms with Gasteiger partial charge in [0, 0.05) is 10.0 Å². The van der Waals surface area contributed by atoms with E-state index in [1.807, 2.05) is 37.3 Å². The van der Waals surface area contributed by atoms with E-state index < -0.39 is 11.8 Å². The predicted octanol–water partition coefficient (Wildman–Crippen LogP) is 3.78. The Morgan fingerprint density at radius 1 is 1.05 bits per heavy atom. The maximum absolute atomic E-state index is 11.7. The summed E-state index contributed by atoms with van der Waals surface area (Å²) in [5.41, 5.74) is 3.36. The van der Waals surface area contributed by atoms with Crippen molar-refractivity contribution in [3.8, 4) is 11.1 Å². The molecule has 0 amide bonds. The number of ether oxygens (including phenoxy) is 1. The lowest BCUT2D eigenvalue weighted by Gasteiger charge is -2.08. The molecule has 2 rings (SSSR count). The van der Waals surface area contributed by atoms with Crippen molar-refractivity contribution in [3.05, 3.63) is 58.1 Å². The second-order valence-corrected chi connectivity index (χ2v) is 5.27. The number of aryl methyl sites for hydroxylation is 1. The Balaban J connectivity index is 2.37. The van der Waals surface area contributed by atoms with Gasteiger partial charge in [-0.1, -0.05) is 40.2 Å². The van der Waals surface area contributed by atoms with Crippen LogP contribution in [0.25, 0.3) is 11.1 Å². The average molecular weight is 333 g/mol. The Morgan fingerprint density at radius 2 is 1.70 bits per heavy atom. The van der Waals surface area contributed by atoms with Crippen LogP contribution >= 0.6 is 15.9 Å². The summed E-state index contributed by atoms with van der Waals surface area (Å²) in [4.78, 5) is 23.0. The summed E-state index contributed by atoms with van der Waals surface area (Å²) in [6.45, 7) is 1.91. The van der Waals surface area contributed by atoms with Gasteiger partial charge in [-0.2, -0.15) is 0 Å². The highest BCUT2D eigenvalue weighted by atomic mass is 79.9. The number of benzene rings is 2. The van der Waals surface area contributed by atoms with Gasteiger partial charge in [-0.05, 0) is 41.8 Å². The highest BCUT2D eigenvalue weighted by Crippen LogP contribution is 2.26. The Morgan fingerprint density at radius 3 is 2.25 bits per heavy atom. The van der Waals surface area contributed by atoms with E-state index in [2.05, 4.69) is 20.7 Å². The first-order chi connectivity index (χ1) is 9.52. The minimum absolute atomic E-state index is 0.343. The van der Waals surface area contributed by atoms with Crippen LogP contribution in [0.1, 0.15) is 15.9 Å². The molecule has 0 fully saturated rings. The third-order valence-corrected chi connectivity index (χ3v) is 3.54. The molecule has 2 aromatic carbocycles. The molecule has 0 atom stereocenters. The molecule has 0 aliphatic heterocycles. The molecule has 0 heterocycles. The van der Waals surface area contributed by atoms with E-state index in [1.165, 1.54) is 7.11 Å². The SMILES string of the molecule is COC(=O)C(=O)c1ccc(-c2ccc(Br)cc2)c(C)c1. The third kappa shape index (κ3) is 2.96. The van der Waals surface area contributed by atoms with Gasteiger partial charge in [-0.25, -0.2) is 4.79 Å². The molecular weight excluding hydrogens is 320 g/mol. The number of hydrogen-bond acceptors (Lipinski definition) is 3. The van der Waals surface area contributed by atoms with E-state index in [-0.39, 0.29) is 0 Å². The summed E-state index contributed by atoms with van der Waals surface area (Å²) < 4.78 is 5.45. The van der Waals surface area contributed by atoms with Crippen molar-refractivity contribution in [2.75, 3.05) is 7.11 Å². The molecule has 0 aliphatic rings. The highest BCUT2D eigenvalue weighted by molar-refractivity contribution is 9.10. The third-order valence-electron chi connectivity index (χ3n) is 3.01. The van der Waals surface area contributed by atoms with Crippen LogP contribution in [0.15, 0.2) is 46.9 Å². The normalized spacial score (nSPS) is 10.2. The van der Waals surface area contributed by atoms with E-state index in [9.17, 15) is 9.59 Å². The Kier molecular flexibility index (Phi) is 4.35. The Bertz CT molecular complexity index is 660. The zero-order valence-electron chi connectivity index (χ0n) is 11.1. The first-order valence-corrected chi connectivity index (χ1v) is 6.81. The van der Waals surface area contributed by atoms with Crippen LogP contribution in [-0.4, -0.2) is 18.9 Å². The smallest absolute Gasteiger partial charge is 0.379 e. The number of carbonyl (C=O) groups is 2.